The van der Waals surface area contributed by atoms with Gasteiger partial charge in [0.25, 0.3) is 0 Å². The van der Waals surface area contributed by atoms with E-state index in [4.69, 9.17) is 27.2 Å². The molecule has 2 heterocycles. The summed E-state index contributed by atoms with van der Waals surface area (Å²) in [5, 5.41) is 9.81. The predicted molar refractivity (Wildman–Crippen MR) is 104 cm³/mol. The molecule has 1 saturated heterocycles. The van der Waals surface area contributed by atoms with Gasteiger partial charge in [-0.1, -0.05) is 23.7 Å². The van der Waals surface area contributed by atoms with Crippen LogP contribution >= 0.6 is 11.6 Å². The number of halogens is 1. The van der Waals surface area contributed by atoms with E-state index in [0.717, 1.165) is 48.4 Å². The first kappa shape index (κ1) is 18.9. The summed E-state index contributed by atoms with van der Waals surface area (Å²) in [6.07, 6.45) is 2.45. The lowest BCUT2D eigenvalue weighted by molar-refractivity contribution is 0.134. The van der Waals surface area contributed by atoms with Crippen molar-refractivity contribution in [3.05, 3.63) is 46.1 Å². The summed E-state index contributed by atoms with van der Waals surface area (Å²) < 4.78 is 5.83. The average molecular weight is 377 g/mol. The molecule has 0 aliphatic carbocycles. The lowest BCUT2D eigenvalue weighted by Crippen LogP contribution is -2.32. The molecule has 2 aromatic rings. The molecule has 0 radical (unpaired) electrons. The van der Waals surface area contributed by atoms with Crippen LogP contribution in [0.3, 0.4) is 0 Å². The predicted octanol–water partition coefficient (Wildman–Crippen LogP) is 2.91. The number of ether oxygens (including phenoxy) is 1. The van der Waals surface area contributed by atoms with E-state index in [-0.39, 0.29) is 18.6 Å². The summed E-state index contributed by atoms with van der Waals surface area (Å²) in [4.78, 5) is 10.8. The number of hydrogen-bond acceptors (Lipinski definition) is 6. The average Bonchev–Trinajstić information content (AvgIpc) is 2.86. The third-order valence-electron chi connectivity index (χ3n) is 4.53. The molecule has 6 nitrogen and oxygen atoms in total. The van der Waals surface area contributed by atoms with Crippen molar-refractivity contribution in [2.45, 2.75) is 32.2 Å². The zero-order valence-corrected chi connectivity index (χ0v) is 15.7. The van der Waals surface area contributed by atoms with Crippen LogP contribution in [-0.4, -0.2) is 41.4 Å². The van der Waals surface area contributed by atoms with Crippen molar-refractivity contribution in [1.82, 2.24) is 9.97 Å². The third-order valence-corrected chi connectivity index (χ3v) is 4.88. The van der Waals surface area contributed by atoms with E-state index in [1.165, 1.54) is 0 Å². The normalized spacial score (nSPS) is 18.0. The second-order valence-corrected chi connectivity index (χ2v) is 6.95. The number of aryl methyl sites for hydroxylation is 2. The monoisotopic (exact) mass is 376 g/mol. The minimum Gasteiger partial charge on any atom is -0.396 e. The highest BCUT2D eigenvalue weighted by Crippen LogP contribution is 2.33. The number of nitrogen functional groups attached to an aromatic ring is 1. The van der Waals surface area contributed by atoms with Crippen molar-refractivity contribution < 1.29 is 9.84 Å². The summed E-state index contributed by atoms with van der Waals surface area (Å²) in [6.45, 7) is 4.13. The van der Waals surface area contributed by atoms with Crippen molar-refractivity contribution >= 4 is 23.4 Å². The van der Waals surface area contributed by atoms with Crippen LogP contribution in [0.15, 0.2) is 24.3 Å². The highest BCUT2D eigenvalue weighted by Gasteiger charge is 2.27. The first-order valence-electron chi connectivity index (χ1n) is 8.93. The van der Waals surface area contributed by atoms with Crippen LogP contribution in [0.4, 0.5) is 11.8 Å². The molecule has 3 rings (SSSR count). The van der Waals surface area contributed by atoms with Crippen LogP contribution in [-0.2, 0) is 11.2 Å². The zero-order chi connectivity index (χ0) is 18.5. The van der Waals surface area contributed by atoms with E-state index in [2.05, 4.69) is 20.9 Å². The van der Waals surface area contributed by atoms with Crippen LogP contribution in [0, 0.1) is 6.92 Å². The van der Waals surface area contributed by atoms with Gasteiger partial charge in [0.2, 0.25) is 5.95 Å². The molecule has 140 valence electrons. The first-order chi connectivity index (χ1) is 12.6. The number of hydrogen-bond donors (Lipinski definition) is 2. The molecule has 3 N–H and O–H groups in total. The molecule has 1 aliphatic heterocycles. The van der Waals surface area contributed by atoms with Crippen LogP contribution < -0.4 is 10.6 Å². The van der Waals surface area contributed by atoms with E-state index < -0.39 is 0 Å². The Balaban J connectivity index is 1.99. The van der Waals surface area contributed by atoms with Gasteiger partial charge in [-0.25, -0.2) is 4.98 Å². The summed E-state index contributed by atoms with van der Waals surface area (Å²) in [5.74, 6) is 1.06. The lowest BCUT2D eigenvalue weighted by atomic mass is 10.0. The topological polar surface area (TPSA) is 84.5 Å². The van der Waals surface area contributed by atoms with Crippen molar-refractivity contribution in [2.75, 3.05) is 37.0 Å². The minimum atomic E-state index is -0.0484. The highest BCUT2D eigenvalue weighted by molar-refractivity contribution is 6.31. The van der Waals surface area contributed by atoms with Gasteiger partial charge in [0.1, 0.15) is 5.82 Å². The molecule has 1 atom stereocenters. The summed E-state index contributed by atoms with van der Waals surface area (Å²) in [6, 6.07) is 7.94. The number of nitrogens with zero attached hydrogens (tertiary/aromatic N) is 3. The fourth-order valence-corrected chi connectivity index (χ4v) is 3.56. The van der Waals surface area contributed by atoms with Gasteiger partial charge in [-0.3, -0.25) is 0 Å². The van der Waals surface area contributed by atoms with Gasteiger partial charge in [0, 0.05) is 36.5 Å². The van der Waals surface area contributed by atoms with Gasteiger partial charge in [0.15, 0.2) is 0 Å². The van der Waals surface area contributed by atoms with Crippen LogP contribution in [0.25, 0.3) is 0 Å². The van der Waals surface area contributed by atoms with E-state index in [9.17, 15) is 0 Å². The number of aliphatic hydroxyl groups excluding tert-OH is 1. The molecular weight excluding hydrogens is 352 g/mol. The first-order valence-corrected chi connectivity index (χ1v) is 9.31. The molecule has 1 aliphatic rings. The Morgan fingerprint density at radius 3 is 2.96 bits per heavy atom. The maximum absolute atomic E-state index is 9.10. The fraction of sp³-hybridized carbons (Fsp3) is 0.474. The Morgan fingerprint density at radius 1 is 1.35 bits per heavy atom. The van der Waals surface area contributed by atoms with Crippen molar-refractivity contribution in [3.8, 4) is 0 Å². The Morgan fingerprint density at radius 2 is 2.19 bits per heavy atom. The molecule has 0 unspecified atom stereocenters. The molecule has 1 aromatic heterocycles. The van der Waals surface area contributed by atoms with Crippen molar-refractivity contribution in [1.29, 1.82) is 0 Å². The standard InChI is InChI=1S/C19H25ClN4O2/c1-13-10-18(23-19(21)22-13)24-7-3-9-26-12-17(24)15-11-14(4-2-8-25)5-6-16(15)20/h5-6,10-11,17,25H,2-4,7-9,12H2,1H3,(H2,21,22,23)/t17-/m1/s1. The Labute approximate surface area is 159 Å². The number of nitrogens with two attached hydrogens (primary N) is 1. The Bertz CT molecular complexity index is 736. The second kappa shape index (κ2) is 8.66. The number of aliphatic hydroxyl groups is 1. The summed E-state index contributed by atoms with van der Waals surface area (Å²) in [7, 11) is 0. The molecule has 0 spiro atoms. The zero-order valence-electron chi connectivity index (χ0n) is 15.0. The van der Waals surface area contributed by atoms with E-state index in [1.807, 2.05) is 25.1 Å². The number of aromatic nitrogens is 2. The lowest BCUT2D eigenvalue weighted by Gasteiger charge is -2.31. The Hall–Kier alpha value is -1.89. The van der Waals surface area contributed by atoms with Gasteiger partial charge >= 0.3 is 0 Å². The minimum absolute atomic E-state index is 0.0484. The number of benzene rings is 1. The maximum atomic E-state index is 9.10. The van der Waals surface area contributed by atoms with E-state index in [0.29, 0.717) is 18.2 Å². The van der Waals surface area contributed by atoms with Crippen molar-refractivity contribution in [2.24, 2.45) is 0 Å². The highest BCUT2D eigenvalue weighted by atomic mass is 35.5. The van der Waals surface area contributed by atoms with Crippen LogP contribution in [0.1, 0.15) is 35.7 Å². The molecular formula is C19H25ClN4O2. The number of anilines is 2. The van der Waals surface area contributed by atoms with Gasteiger partial charge < -0.3 is 20.5 Å². The van der Waals surface area contributed by atoms with Crippen LogP contribution in [0.2, 0.25) is 5.02 Å². The number of rotatable bonds is 5. The third kappa shape index (κ3) is 4.44. The molecule has 26 heavy (non-hydrogen) atoms. The molecule has 0 amide bonds. The maximum Gasteiger partial charge on any atom is 0.222 e. The van der Waals surface area contributed by atoms with Gasteiger partial charge in [0.05, 0.1) is 12.6 Å². The van der Waals surface area contributed by atoms with Gasteiger partial charge in [-0.15, -0.1) is 0 Å². The van der Waals surface area contributed by atoms with Crippen LogP contribution in [0.5, 0.6) is 0 Å². The van der Waals surface area contributed by atoms with E-state index in [1.54, 1.807) is 0 Å². The molecule has 7 heteroatoms. The quantitative estimate of drug-likeness (QED) is 0.834. The largest absolute Gasteiger partial charge is 0.396 e. The van der Waals surface area contributed by atoms with E-state index >= 15 is 0 Å². The van der Waals surface area contributed by atoms with Gasteiger partial charge in [-0.05, 0) is 43.4 Å². The molecule has 1 fully saturated rings. The van der Waals surface area contributed by atoms with Crippen molar-refractivity contribution in [3.63, 3.8) is 0 Å². The molecule has 1 aromatic carbocycles. The SMILES string of the molecule is Cc1cc(N2CCCOC[C@@H]2c2cc(CCCO)ccc2Cl)nc(N)n1. The fourth-order valence-electron chi connectivity index (χ4n) is 3.32. The second-order valence-electron chi connectivity index (χ2n) is 6.55. The Kier molecular flexibility index (Phi) is 6.29. The molecule has 0 saturated carbocycles. The van der Waals surface area contributed by atoms with Gasteiger partial charge in [-0.2, -0.15) is 4.98 Å². The summed E-state index contributed by atoms with van der Waals surface area (Å²) in [5.41, 5.74) is 8.87. The molecule has 0 bridgehead atoms. The smallest absolute Gasteiger partial charge is 0.222 e. The summed E-state index contributed by atoms with van der Waals surface area (Å²) >= 11 is 6.54.